The number of rotatable bonds is 5. The summed E-state index contributed by atoms with van der Waals surface area (Å²) in [5.74, 6) is -1.10. The summed E-state index contributed by atoms with van der Waals surface area (Å²) in [6, 6.07) is 19.3. The minimum Gasteiger partial charge on any atom is -0.348 e. The van der Waals surface area contributed by atoms with Gasteiger partial charge in [0.25, 0.3) is 11.8 Å². The number of hydrogen-bond acceptors (Lipinski definition) is 2. The Morgan fingerprint density at radius 1 is 0.889 bits per heavy atom. The third-order valence-electron chi connectivity index (χ3n) is 3.87. The predicted octanol–water partition coefficient (Wildman–Crippen LogP) is 4.66. The third kappa shape index (κ3) is 4.92. The molecule has 3 rings (SSSR count). The molecule has 0 bridgehead atoms. The molecule has 27 heavy (non-hydrogen) atoms. The van der Waals surface area contributed by atoms with Gasteiger partial charge in [0.05, 0.1) is 10.6 Å². The van der Waals surface area contributed by atoms with Gasteiger partial charge in [-0.25, -0.2) is 4.39 Å². The van der Waals surface area contributed by atoms with Gasteiger partial charge in [0.15, 0.2) is 0 Å². The second-order valence-corrected chi connectivity index (χ2v) is 6.23. The minimum absolute atomic E-state index is 0.204. The molecule has 2 amide bonds. The zero-order valence-electron chi connectivity index (χ0n) is 14.2. The SMILES string of the molecule is O=C(NCc1ccc(F)cc1)c1ccc(Cl)c(C(=O)Nc2ccccc2)c1. The Labute approximate surface area is 161 Å². The van der Waals surface area contributed by atoms with E-state index in [0.29, 0.717) is 11.3 Å². The Kier molecular flexibility index (Phi) is 5.84. The van der Waals surface area contributed by atoms with Gasteiger partial charge >= 0.3 is 0 Å². The lowest BCUT2D eigenvalue weighted by Gasteiger charge is -2.10. The minimum atomic E-state index is -0.403. The van der Waals surface area contributed by atoms with Crippen molar-refractivity contribution >= 4 is 29.1 Å². The maximum Gasteiger partial charge on any atom is 0.257 e. The van der Waals surface area contributed by atoms with Gasteiger partial charge in [-0.1, -0.05) is 41.9 Å². The van der Waals surface area contributed by atoms with Gasteiger partial charge in [-0.15, -0.1) is 0 Å². The summed E-state index contributed by atoms with van der Waals surface area (Å²) in [5.41, 5.74) is 1.90. The number of halogens is 2. The summed E-state index contributed by atoms with van der Waals surface area (Å²) in [4.78, 5) is 24.8. The first-order valence-electron chi connectivity index (χ1n) is 8.21. The average molecular weight is 383 g/mol. The van der Waals surface area contributed by atoms with E-state index < -0.39 is 5.91 Å². The zero-order valence-corrected chi connectivity index (χ0v) is 15.0. The first-order chi connectivity index (χ1) is 13.0. The number of benzene rings is 3. The van der Waals surface area contributed by atoms with Crippen molar-refractivity contribution in [2.45, 2.75) is 6.54 Å². The molecular weight excluding hydrogens is 367 g/mol. The monoisotopic (exact) mass is 382 g/mol. The largest absolute Gasteiger partial charge is 0.348 e. The first kappa shape index (κ1) is 18.6. The van der Waals surface area contributed by atoms with Gasteiger partial charge < -0.3 is 10.6 Å². The second-order valence-electron chi connectivity index (χ2n) is 5.82. The van der Waals surface area contributed by atoms with E-state index in [-0.39, 0.29) is 28.9 Å². The number of anilines is 1. The molecule has 6 heteroatoms. The number of para-hydroxylation sites is 1. The van der Waals surface area contributed by atoms with E-state index in [9.17, 15) is 14.0 Å². The van der Waals surface area contributed by atoms with Crippen LogP contribution in [0.2, 0.25) is 5.02 Å². The third-order valence-corrected chi connectivity index (χ3v) is 4.20. The van der Waals surface area contributed by atoms with Crippen molar-refractivity contribution in [3.63, 3.8) is 0 Å². The van der Waals surface area contributed by atoms with Gasteiger partial charge in [0, 0.05) is 17.8 Å². The smallest absolute Gasteiger partial charge is 0.257 e. The highest BCUT2D eigenvalue weighted by Crippen LogP contribution is 2.20. The van der Waals surface area contributed by atoms with Crippen molar-refractivity contribution in [1.82, 2.24) is 5.32 Å². The molecule has 0 aromatic heterocycles. The quantitative estimate of drug-likeness (QED) is 0.674. The Morgan fingerprint density at radius 2 is 1.59 bits per heavy atom. The molecule has 4 nitrogen and oxygen atoms in total. The lowest BCUT2D eigenvalue weighted by atomic mass is 10.1. The Hall–Kier alpha value is -3.18. The van der Waals surface area contributed by atoms with Gasteiger partial charge in [0.2, 0.25) is 0 Å². The highest BCUT2D eigenvalue weighted by atomic mass is 35.5. The molecule has 0 radical (unpaired) electrons. The van der Waals surface area contributed by atoms with Crippen molar-refractivity contribution in [3.05, 3.63) is 100 Å². The van der Waals surface area contributed by atoms with Crippen molar-refractivity contribution in [1.29, 1.82) is 0 Å². The summed E-state index contributed by atoms with van der Waals surface area (Å²) in [6.07, 6.45) is 0. The molecule has 0 aliphatic heterocycles. The summed E-state index contributed by atoms with van der Waals surface area (Å²) in [7, 11) is 0. The molecule has 0 saturated carbocycles. The van der Waals surface area contributed by atoms with Crippen LogP contribution >= 0.6 is 11.6 Å². The Balaban J connectivity index is 1.71. The molecule has 0 atom stereocenters. The number of amides is 2. The Bertz CT molecular complexity index is 960. The van der Waals surface area contributed by atoms with Crippen LogP contribution in [0.25, 0.3) is 0 Å². The van der Waals surface area contributed by atoms with Crippen LogP contribution in [0.5, 0.6) is 0 Å². The van der Waals surface area contributed by atoms with Crippen LogP contribution in [0.15, 0.2) is 72.8 Å². The topological polar surface area (TPSA) is 58.2 Å². The fourth-order valence-electron chi connectivity index (χ4n) is 2.45. The van der Waals surface area contributed by atoms with Crippen molar-refractivity contribution < 1.29 is 14.0 Å². The van der Waals surface area contributed by atoms with E-state index in [1.165, 1.54) is 24.3 Å². The fourth-order valence-corrected chi connectivity index (χ4v) is 2.65. The highest BCUT2D eigenvalue weighted by Gasteiger charge is 2.14. The standard InChI is InChI=1S/C21H16ClFN2O2/c22-19-11-8-15(20(26)24-13-14-6-9-16(23)10-7-14)12-18(19)21(27)25-17-4-2-1-3-5-17/h1-12H,13H2,(H,24,26)(H,25,27). The molecule has 0 heterocycles. The molecule has 3 aromatic carbocycles. The number of carbonyl (C=O) groups is 2. The van der Waals surface area contributed by atoms with E-state index in [2.05, 4.69) is 10.6 Å². The summed E-state index contributed by atoms with van der Waals surface area (Å²) < 4.78 is 12.9. The number of carbonyl (C=O) groups excluding carboxylic acids is 2. The second kappa shape index (κ2) is 8.47. The van der Waals surface area contributed by atoms with Crippen LogP contribution in [-0.4, -0.2) is 11.8 Å². The van der Waals surface area contributed by atoms with Gasteiger partial charge in [0.1, 0.15) is 5.82 Å². The molecule has 0 unspecified atom stereocenters. The highest BCUT2D eigenvalue weighted by molar-refractivity contribution is 6.34. The number of hydrogen-bond donors (Lipinski definition) is 2. The van der Waals surface area contributed by atoms with E-state index in [1.807, 2.05) is 6.07 Å². The average Bonchev–Trinajstić information content (AvgIpc) is 2.68. The number of nitrogens with one attached hydrogen (secondary N) is 2. The van der Waals surface area contributed by atoms with Crippen LogP contribution in [0.4, 0.5) is 10.1 Å². The summed E-state index contributed by atoms with van der Waals surface area (Å²) in [6.45, 7) is 0.243. The normalized spacial score (nSPS) is 10.3. The molecule has 0 aliphatic carbocycles. The van der Waals surface area contributed by atoms with Crippen LogP contribution in [0, 0.1) is 5.82 Å². The molecule has 136 valence electrons. The van der Waals surface area contributed by atoms with Gasteiger partial charge in [-0.05, 0) is 48.0 Å². The molecular formula is C21H16ClFN2O2. The zero-order chi connectivity index (χ0) is 19.2. The first-order valence-corrected chi connectivity index (χ1v) is 8.59. The lowest BCUT2D eigenvalue weighted by Crippen LogP contribution is -2.23. The van der Waals surface area contributed by atoms with Gasteiger partial charge in [-0.3, -0.25) is 9.59 Å². The molecule has 0 saturated heterocycles. The summed E-state index contributed by atoms with van der Waals surface area (Å²) >= 11 is 6.12. The maximum atomic E-state index is 12.9. The summed E-state index contributed by atoms with van der Waals surface area (Å²) in [5, 5.41) is 5.72. The van der Waals surface area contributed by atoms with Crippen molar-refractivity contribution in [3.8, 4) is 0 Å². The van der Waals surface area contributed by atoms with Crippen molar-refractivity contribution in [2.24, 2.45) is 0 Å². The van der Waals surface area contributed by atoms with E-state index in [1.54, 1.807) is 42.5 Å². The van der Waals surface area contributed by atoms with Crippen molar-refractivity contribution in [2.75, 3.05) is 5.32 Å². The molecule has 0 fully saturated rings. The van der Waals surface area contributed by atoms with Crippen LogP contribution < -0.4 is 10.6 Å². The maximum absolute atomic E-state index is 12.9. The predicted molar refractivity (Wildman–Crippen MR) is 103 cm³/mol. The molecule has 0 aliphatic rings. The molecule has 0 spiro atoms. The van der Waals surface area contributed by atoms with E-state index in [0.717, 1.165) is 5.56 Å². The Morgan fingerprint density at radius 3 is 2.30 bits per heavy atom. The van der Waals surface area contributed by atoms with Gasteiger partial charge in [-0.2, -0.15) is 0 Å². The molecule has 2 N–H and O–H groups in total. The lowest BCUT2D eigenvalue weighted by molar-refractivity contribution is 0.0951. The van der Waals surface area contributed by atoms with Crippen LogP contribution in [0.1, 0.15) is 26.3 Å². The van der Waals surface area contributed by atoms with E-state index >= 15 is 0 Å². The fraction of sp³-hybridized carbons (Fsp3) is 0.0476. The molecule has 3 aromatic rings. The van der Waals surface area contributed by atoms with E-state index in [4.69, 9.17) is 11.6 Å². The van der Waals surface area contributed by atoms with Crippen LogP contribution in [0.3, 0.4) is 0 Å². The van der Waals surface area contributed by atoms with Crippen LogP contribution in [-0.2, 0) is 6.54 Å².